The molecule has 1 aliphatic carbocycles. The van der Waals surface area contributed by atoms with Gasteiger partial charge in [0.15, 0.2) is 5.65 Å². The Bertz CT molecular complexity index is 874. The highest BCUT2D eigenvalue weighted by molar-refractivity contribution is 5.79. The van der Waals surface area contributed by atoms with Gasteiger partial charge in [0.25, 0.3) is 5.82 Å². The monoisotopic (exact) mass is 410 g/mol. The van der Waals surface area contributed by atoms with Gasteiger partial charge in [0.05, 0.1) is 0 Å². The fourth-order valence-corrected chi connectivity index (χ4v) is 4.33. The predicted octanol–water partition coefficient (Wildman–Crippen LogP) is 3.05. The first-order valence-corrected chi connectivity index (χ1v) is 10.2. The van der Waals surface area contributed by atoms with E-state index in [9.17, 15) is 18.0 Å². The lowest BCUT2D eigenvalue weighted by Crippen LogP contribution is -2.46. The molecule has 1 saturated carbocycles. The highest BCUT2D eigenvalue weighted by Gasteiger charge is 2.38. The minimum Gasteiger partial charge on any atom is -0.355 e. The van der Waals surface area contributed by atoms with Crippen LogP contribution in [0.4, 0.5) is 19.0 Å². The molecule has 4 rings (SSSR count). The number of amides is 1. The van der Waals surface area contributed by atoms with Crippen molar-refractivity contribution in [1.82, 2.24) is 25.1 Å². The van der Waals surface area contributed by atoms with Crippen molar-refractivity contribution in [1.29, 1.82) is 0 Å². The van der Waals surface area contributed by atoms with Crippen LogP contribution in [0.1, 0.15) is 51.3 Å². The van der Waals surface area contributed by atoms with Crippen LogP contribution >= 0.6 is 0 Å². The van der Waals surface area contributed by atoms with E-state index < -0.39 is 12.0 Å². The van der Waals surface area contributed by atoms with Gasteiger partial charge >= 0.3 is 6.18 Å². The molecule has 158 valence electrons. The zero-order valence-electron chi connectivity index (χ0n) is 16.3. The molecule has 0 unspecified atom stereocenters. The molecule has 10 heteroatoms. The smallest absolute Gasteiger partial charge is 0.355 e. The minimum atomic E-state index is -4.62. The zero-order chi connectivity index (χ0) is 20.6. The van der Waals surface area contributed by atoms with Gasteiger partial charge < -0.3 is 10.2 Å². The average molecular weight is 410 g/mol. The maximum absolute atomic E-state index is 13.1. The summed E-state index contributed by atoms with van der Waals surface area (Å²) in [6.07, 6.45) is 1.27. The van der Waals surface area contributed by atoms with Crippen LogP contribution in [0.5, 0.6) is 0 Å². The van der Waals surface area contributed by atoms with Crippen LogP contribution in [0.25, 0.3) is 5.65 Å². The van der Waals surface area contributed by atoms with E-state index in [-0.39, 0.29) is 23.5 Å². The van der Waals surface area contributed by atoms with Crippen molar-refractivity contribution >= 4 is 17.4 Å². The van der Waals surface area contributed by atoms with Crippen molar-refractivity contribution < 1.29 is 18.0 Å². The Morgan fingerprint density at radius 1 is 1.10 bits per heavy atom. The van der Waals surface area contributed by atoms with Crippen molar-refractivity contribution in [3.8, 4) is 0 Å². The predicted molar refractivity (Wildman–Crippen MR) is 100 cm³/mol. The number of nitrogens with one attached hydrogen (secondary N) is 1. The van der Waals surface area contributed by atoms with E-state index in [1.165, 1.54) is 12.5 Å². The second-order valence-electron chi connectivity index (χ2n) is 8.12. The molecule has 2 fully saturated rings. The van der Waals surface area contributed by atoms with E-state index in [1.54, 1.807) is 6.07 Å². The van der Waals surface area contributed by atoms with E-state index in [0.29, 0.717) is 37.7 Å². The lowest BCUT2D eigenvalue weighted by molar-refractivity contribution is -0.146. The Labute approximate surface area is 166 Å². The fourth-order valence-electron chi connectivity index (χ4n) is 4.33. The number of anilines is 1. The van der Waals surface area contributed by atoms with Gasteiger partial charge in [-0.2, -0.15) is 17.7 Å². The molecule has 1 aliphatic heterocycles. The Balaban J connectivity index is 1.40. The Hall–Kier alpha value is -2.39. The number of hydrogen-bond donors (Lipinski definition) is 1. The maximum Gasteiger partial charge on any atom is 0.453 e. The summed E-state index contributed by atoms with van der Waals surface area (Å²) in [5.41, 5.74) is 0.0527. The molecule has 0 spiro atoms. The number of alkyl halides is 3. The summed E-state index contributed by atoms with van der Waals surface area (Å²) in [5, 5.41) is 14.0. The maximum atomic E-state index is 13.1. The van der Waals surface area contributed by atoms with Gasteiger partial charge in [-0.3, -0.25) is 4.79 Å². The molecule has 1 amide bonds. The lowest BCUT2D eigenvalue weighted by Gasteiger charge is -2.34. The molecule has 0 bridgehead atoms. The van der Waals surface area contributed by atoms with E-state index in [4.69, 9.17) is 0 Å². The van der Waals surface area contributed by atoms with Crippen molar-refractivity contribution in [2.75, 3.05) is 18.0 Å². The number of hydrogen-bond acceptors (Lipinski definition) is 5. The van der Waals surface area contributed by atoms with Crippen LogP contribution in [-0.4, -0.2) is 44.8 Å². The van der Waals surface area contributed by atoms with Crippen molar-refractivity contribution in [2.24, 2.45) is 11.8 Å². The van der Waals surface area contributed by atoms with Gasteiger partial charge in [0.2, 0.25) is 5.91 Å². The van der Waals surface area contributed by atoms with Crippen molar-refractivity contribution in [3.63, 3.8) is 0 Å². The number of fused-ring (bicyclic) bond motifs is 1. The molecular weight excluding hydrogens is 385 g/mol. The van der Waals surface area contributed by atoms with Gasteiger partial charge in [-0.1, -0.05) is 19.8 Å². The number of piperidine rings is 1. The third-order valence-electron chi connectivity index (χ3n) is 6.13. The van der Waals surface area contributed by atoms with Crippen molar-refractivity contribution in [2.45, 2.75) is 57.7 Å². The molecular formula is C19H25F3N6O. The van der Waals surface area contributed by atoms with Gasteiger partial charge in [-0.05, 0) is 43.7 Å². The highest BCUT2D eigenvalue weighted by atomic mass is 19.4. The first-order chi connectivity index (χ1) is 13.8. The number of nitrogens with zero attached hydrogens (tertiary/aromatic N) is 5. The summed E-state index contributed by atoms with van der Waals surface area (Å²) < 4.78 is 39.9. The molecule has 1 N–H and O–H groups in total. The molecule has 0 aromatic carbocycles. The zero-order valence-corrected chi connectivity index (χ0v) is 16.3. The fraction of sp³-hybridized carbons (Fsp3) is 0.684. The molecule has 29 heavy (non-hydrogen) atoms. The third kappa shape index (κ3) is 4.16. The molecule has 1 saturated heterocycles. The standard InChI is InChI=1S/C19H25F3N6O/c1-12-4-2-3-5-14(12)23-17(29)13-8-10-27(11-9-13)16-7-6-15-24-25-18(19(20,21)22)28(15)26-16/h6-7,12-14H,2-5,8-11H2,1H3,(H,23,29)/t12-,14+/m1/s1. The molecule has 2 aromatic heterocycles. The van der Waals surface area contributed by atoms with Gasteiger partial charge in [-0.25, -0.2) is 0 Å². The Morgan fingerprint density at radius 3 is 2.52 bits per heavy atom. The summed E-state index contributed by atoms with van der Waals surface area (Å²) in [7, 11) is 0. The second-order valence-corrected chi connectivity index (χ2v) is 8.12. The first-order valence-electron chi connectivity index (χ1n) is 10.2. The van der Waals surface area contributed by atoms with Gasteiger partial charge in [-0.15, -0.1) is 15.3 Å². The summed E-state index contributed by atoms with van der Waals surface area (Å²) in [6.45, 7) is 3.33. The number of aromatic nitrogens is 4. The first kappa shape index (κ1) is 19.9. The number of carbonyl (C=O) groups is 1. The summed E-state index contributed by atoms with van der Waals surface area (Å²) in [4.78, 5) is 14.6. The van der Waals surface area contributed by atoms with Crippen molar-refractivity contribution in [3.05, 3.63) is 18.0 Å². The van der Waals surface area contributed by atoms with Crippen LogP contribution in [-0.2, 0) is 11.0 Å². The van der Waals surface area contributed by atoms with Crippen LogP contribution in [0, 0.1) is 11.8 Å². The summed E-state index contributed by atoms with van der Waals surface area (Å²) in [5.74, 6) is -0.155. The number of rotatable bonds is 3. The van der Waals surface area contributed by atoms with Crippen LogP contribution < -0.4 is 10.2 Å². The van der Waals surface area contributed by atoms with Gasteiger partial charge in [0, 0.05) is 25.0 Å². The van der Waals surface area contributed by atoms with Crippen LogP contribution in [0.3, 0.4) is 0 Å². The Kier molecular flexibility index (Phi) is 5.35. The number of halogens is 3. The largest absolute Gasteiger partial charge is 0.453 e. The van der Waals surface area contributed by atoms with E-state index in [0.717, 1.165) is 23.8 Å². The Morgan fingerprint density at radius 2 is 1.83 bits per heavy atom. The number of carbonyl (C=O) groups excluding carboxylic acids is 1. The quantitative estimate of drug-likeness (QED) is 0.842. The lowest BCUT2D eigenvalue weighted by atomic mass is 9.85. The van der Waals surface area contributed by atoms with E-state index in [2.05, 4.69) is 27.5 Å². The molecule has 0 radical (unpaired) electrons. The summed E-state index contributed by atoms with van der Waals surface area (Å²) in [6, 6.07) is 3.38. The molecule has 2 aromatic rings. The van der Waals surface area contributed by atoms with E-state index in [1.807, 2.05) is 4.90 Å². The topological polar surface area (TPSA) is 75.4 Å². The molecule has 2 aliphatic rings. The van der Waals surface area contributed by atoms with Crippen LogP contribution in [0.15, 0.2) is 12.1 Å². The second kappa shape index (κ2) is 7.79. The van der Waals surface area contributed by atoms with Crippen LogP contribution in [0.2, 0.25) is 0 Å². The summed E-state index contributed by atoms with van der Waals surface area (Å²) >= 11 is 0. The molecule has 2 atom stereocenters. The normalized spacial score (nSPS) is 24.1. The van der Waals surface area contributed by atoms with Gasteiger partial charge in [0.1, 0.15) is 5.82 Å². The minimum absolute atomic E-state index is 0.0527. The molecule has 3 heterocycles. The molecule has 7 nitrogen and oxygen atoms in total. The highest BCUT2D eigenvalue weighted by Crippen LogP contribution is 2.29. The van der Waals surface area contributed by atoms with E-state index >= 15 is 0 Å². The SMILES string of the molecule is C[C@@H]1CCCC[C@@H]1NC(=O)C1CCN(c2ccc3nnc(C(F)(F)F)n3n2)CC1. The third-order valence-corrected chi connectivity index (χ3v) is 6.13. The average Bonchev–Trinajstić information content (AvgIpc) is 3.13.